The molecule has 2 aromatic heterocycles. The van der Waals surface area contributed by atoms with E-state index in [2.05, 4.69) is 51.7 Å². The summed E-state index contributed by atoms with van der Waals surface area (Å²) in [5, 5.41) is 14.4. The maximum Gasteiger partial charge on any atom is 0.335 e. The number of aryl methyl sites for hydroxylation is 1. The molecule has 5 rings (SSSR count). The maximum absolute atomic E-state index is 11.6. The normalized spacial score (nSPS) is 14.1. The van der Waals surface area contributed by atoms with Crippen LogP contribution in [0, 0.1) is 0 Å². The van der Waals surface area contributed by atoms with Crippen LogP contribution in [0.2, 0.25) is 0 Å². The van der Waals surface area contributed by atoms with Gasteiger partial charge in [0.1, 0.15) is 0 Å². The zero-order chi connectivity index (χ0) is 25.3. The van der Waals surface area contributed by atoms with E-state index in [1.54, 1.807) is 13.8 Å². The minimum Gasteiger partial charge on any atom is -0.479 e. The molecule has 1 N–H and O–H groups in total. The first kappa shape index (κ1) is 24.1. The molecule has 0 aliphatic carbocycles. The van der Waals surface area contributed by atoms with Crippen molar-refractivity contribution in [1.82, 2.24) is 19.3 Å². The number of rotatable bonds is 9. The Morgan fingerprint density at radius 3 is 2.56 bits per heavy atom. The van der Waals surface area contributed by atoms with Gasteiger partial charge in [0.05, 0.1) is 46.7 Å². The van der Waals surface area contributed by atoms with Gasteiger partial charge >= 0.3 is 5.97 Å². The summed E-state index contributed by atoms with van der Waals surface area (Å²) in [6, 6.07) is 16.6. The van der Waals surface area contributed by atoms with Gasteiger partial charge in [-0.15, -0.1) is 0 Å². The van der Waals surface area contributed by atoms with Gasteiger partial charge < -0.3 is 19.3 Å². The van der Waals surface area contributed by atoms with E-state index < -0.39 is 11.6 Å². The maximum atomic E-state index is 11.6. The molecule has 2 aromatic carbocycles. The number of hydrogen-bond donors (Lipinski definition) is 1. The molecule has 3 heterocycles. The lowest BCUT2D eigenvalue weighted by Crippen LogP contribution is -2.34. The van der Waals surface area contributed by atoms with Crippen LogP contribution in [-0.4, -0.2) is 49.1 Å². The minimum absolute atomic E-state index is 0.0984. The summed E-state index contributed by atoms with van der Waals surface area (Å²) in [4.78, 5) is 18.5. The number of para-hydroxylation sites is 2. The van der Waals surface area contributed by atoms with E-state index in [9.17, 15) is 9.90 Å². The van der Waals surface area contributed by atoms with E-state index >= 15 is 0 Å². The van der Waals surface area contributed by atoms with Crippen molar-refractivity contribution >= 4 is 22.7 Å². The van der Waals surface area contributed by atoms with Gasteiger partial charge in [0.15, 0.2) is 5.60 Å². The van der Waals surface area contributed by atoms with Crippen LogP contribution in [0.3, 0.4) is 0 Å². The summed E-state index contributed by atoms with van der Waals surface area (Å²) in [6.45, 7) is 8.32. The molecule has 1 aliphatic rings. The fourth-order valence-electron chi connectivity index (χ4n) is 4.71. The van der Waals surface area contributed by atoms with E-state index in [1.165, 1.54) is 12.8 Å². The lowest BCUT2D eigenvalue weighted by Gasteiger charge is -2.22. The van der Waals surface area contributed by atoms with E-state index in [4.69, 9.17) is 9.84 Å². The largest absolute Gasteiger partial charge is 0.479 e. The van der Waals surface area contributed by atoms with Crippen LogP contribution in [0.25, 0.3) is 28.0 Å². The third-order valence-corrected chi connectivity index (χ3v) is 6.79. The van der Waals surface area contributed by atoms with Gasteiger partial charge in [-0.25, -0.2) is 14.5 Å². The topological polar surface area (TPSA) is 85.4 Å². The summed E-state index contributed by atoms with van der Waals surface area (Å²) in [6.07, 6.45) is 5.28. The number of carbonyl (C=O) groups is 1. The van der Waals surface area contributed by atoms with E-state index in [-0.39, 0.29) is 6.61 Å². The van der Waals surface area contributed by atoms with Crippen molar-refractivity contribution in [3.05, 3.63) is 60.6 Å². The second kappa shape index (κ2) is 9.78. The Bertz CT molecular complexity index is 1380. The Morgan fingerprint density at radius 1 is 1.08 bits per heavy atom. The number of anilines is 1. The average molecular weight is 488 g/mol. The van der Waals surface area contributed by atoms with E-state index in [1.807, 2.05) is 29.2 Å². The molecule has 8 nitrogen and oxygen atoms in total. The van der Waals surface area contributed by atoms with Crippen molar-refractivity contribution in [2.24, 2.45) is 0 Å². The van der Waals surface area contributed by atoms with Gasteiger partial charge in [0.2, 0.25) is 0 Å². The van der Waals surface area contributed by atoms with Gasteiger partial charge in [-0.05, 0) is 63.4 Å². The fraction of sp³-hybridized carbons (Fsp3) is 0.393. The molecule has 1 saturated heterocycles. The lowest BCUT2D eigenvalue weighted by molar-refractivity contribution is -0.162. The highest BCUT2D eigenvalue weighted by Gasteiger charge is 2.29. The van der Waals surface area contributed by atoms with Crippen LogP contribution in [0.5, 0.6) is 0 Å². The Kier molecular flexibility index (Phi) is 6.53. The first-order valence-corrected chi connectivity index (χ1v) is 12.6. The van der Waals surface area contributed by atoms with Gasteiger partial charge in [-0.1, -0.05) is 25.1 Å². The first-order chi connectivity index (χ1) is 17.4. The van der Waals surface area contributed by atoms with Crippen molar-refractivity contribution in [2.75, 3.05) is 18.0 Å². The summed E-state index contributed by atoms with van der Waals surface area (Å²) < 4.78 is 9.91. The molecule has 0 spiro atoms. The van der Waals surface area contributed by atoms with Crippen molar-refractivity contribution in [1.29, 1.82) is 0 Å². The number of nitrogens with zero attached hydrogens (tertiary/aromatic N) is 5. The van der Waals surface area contributed by atoms with Crippen LogP contribution in [0.1, 0.15) is 45.7 Å². The van der Waals surface area contributed by atoms with Gasteiger partial charge in [0.25, 0.3) is 0 Å². The molecule has 0 saturated carbocycles. The zero-order valence-corrected chi connectivity index (χ0v) is 21.1. The van der Waals surface area contributed by atoms with Crippen molar-refractivity contribution in [3.63, 3.8) is 0 Å². The highest BCUT2D eigenvalue weighted by atomic mass is 16.5. The van der Waals surface area contributed by atoms with Crippen LogP contribution in [0.4, 0.5) is 5.69 Å². The van der Waals surface area contributed by atoms with Crippen LogP contribution < -0.4 is 4.90 Å². The van der Waals surface area contributed by atoms with E-state index in [0.29, 0.717) is 5.69 Å². The minimum atomic E-state index is -1.30. The molecular formula is C28H33N5O3. The fourth-order valence-corrected chi connectivity index (χ4v) is 4.71. The summed E-state index contributed by atoms with van der Waals surface area (Å²) in [5.41, 5.74) is 5.52. The Balaban J connectivity index is 1.61. The predicted octanol–water partition coefficient (Wildman–Crippen LogP) is 5.28. The molecule has 36 heavy (non-hydrogen) atoms. The molecule has 0 unspecified atom stereocenters. The molecular weight excluding hydrogens is 454 g/mol. The molecule has 0 bridgehead atoms. The van der Waals surface area contributed by atoms with Gasteiger partial charge in [-0.2, -0.15) is 5.10 Å². The number of fused-ring (bicyclic) bond motifs is 1. The average Bonchev–Trinajstić information content (AvgIpc) is 3.63. The second-order valence-electron chi connectivity index (χ2n) is 9.86. The van der Waals surface area contributed by atoms with Crippen LogP contribution >= 0.6 is 0 Å². The third kappa shape index (κ3) is 4.60. The lowest BCUT2D eigenvalue weighted by atomic mass is 10.1. The highest BCUT2D eigenvalue weighted by Crippen LogP contribution is 2.33. The number of benzene rings is 2. The standard InChI is InChI=1S/C28H33N5O3/c1-4-13-32-19-29-22-12-11-20(16-26(22)32)25-17-21(18-36-28(2,3)27(34)35)30-33(25)24-10-6-5-9-23(24)31-14-7-8-15-31/h5-6,9-12,16-17,19H,4,7-8,13-15,18H2,1-3H3,(H,34,35). The van der Waals surface area contributed by atoms with E-state index in [0.717, 1.165) is 59.7 Å². The van der Waals surface area contributed by atoms with Gasteiger partial charge in [-0.3, -0.25) is 0 Å². The van der Waals surface area contributed by atoms with Gasteiger partial charge in [0, 0.05) is 25.2 Å². The molecule has 188 valence electrons. The monoisotopic (exact) mass is 487 g/mol. The molecule has 1 fully saturated rings. The molecule has 4 aromatic rings. The van der Waals surface area contributed by atoms with Crippen molar-refractivity contribution in [2.45, 2.75) is 58.8 Å². The molecule has 0 atom stereocenters. The molecule has 0 amide bonds. The van der Waals surface area contributed by atoms with Crippen LogP contribution in [-0.2, 0) is 22.7 Å². The molecule has 1 aliphatic heterocycles. The van der Waals surface area contributed by atoms with Crippen molar-refractivity contribution in [3.8, 4) is 16.9 Å². The Morgan fingerprint density at radius 2 is 1.83 bits per heavy atom. The number of imidazole rings is 1. The number of carboxylic acid groups (broad SMARTS) is 1. The smallest absolute Gasteiger partial charge is 0.335 e. The number of carboxylic acids is 1. The van der Waals surface area contributed by atoms with Crippen LogP contribution in [0.15, 0.2) is 54.9 Å². The molecule has 0 radical (unpaired) electrons. The Labute approximate surface area is 211 Å². The summed E-state index contributed by atoms with van der Waals surface area (Å²) >= 11 is 0. The number of aromatic nitrogens is 4. The zero-order valence-electron chi connectivity index (χ0n) is 21.1. The number of aliphatic carboxylic acids is 1. The third-order valence-electron chi connectivity index (χ3n) is 6.79. The quantitative estimate of drug-likeness (QED) is 0.346. The summed E-state index contributed by atoms with van der Waals surface area (Å²) in [7, 11) is 0. The summed E-state index contributed by atoms with van der Waals surface area (Å²) in [5.74, 6) is -1.00. The predicted molar refractivity (Wildman–Crippen MR) is 141 cm³/mol. The SMILES string of the molecule is CCCn1cnc2ccc(-c3cc(COC(C)(C)C(=O)O)nn3-c3ccccc3N3CCCC3)cc21. The Hall–Kier alpha value is -3.65. The van der Waals surface area contributed by atoms with Crippen molar-refractivity contribution < 1.29 is 14.6 Å². The molecule has 8 heteroatoms. The number of ether oxygens (including phenoxy) is 1. The highest BCUT2D eigenvalue weighted by molar-refractivity contribution is 5.82. The number of hydrogen-bond acceptors (Lipinski definition) is 5. The first-order valence-electron chi connectivity index (χ1n) is 12.6. The second-order valence-corrected chi connectivity index (χ2v) is 9.86.